The van der Waals surface area contributed by atoms with E-state index in [0.717, 1.165) is 18.6 Å². The van der Waals surface area contributed by atoms with Crippen LogP contribution in [0, 0.1) is 0 Å². The number of rotatable bonds is 4. The molecule has 0 saturated heterocycles. The fourth-order valence-corrected chi connectivity index (χ4v) is 4.02. The van der Waals surface area contributed by atoms with E-state index in [4.69, 9.17) is 5.73 Å². The van der Waals surface area contributed by atoms with Gasteiger partial charge >= 0.3 is 0 Å². The van der Waals surface area contributed by atoms with E-state index in [2.05, 4.69) is 35.6 Å². The Balaban J connectivity index is 1.64. The van der Waals surface area contributed by atoms with E-state index >= 15 is 0 Å². The molecule has 1 aliphatic heterocycles. The van der Waals surface area contributed by atoms with Gasteiger partial charge in [-0.25, -0.2) is 0 Å². The monoisotopic (exact) mass is 273 g/mol. The zero-order chi connectivity index (χ0) is 13.2. The number of thioether (sulfide) groups is 1. The van der Waals surface area contributed by atoms with E-state index in [-0.39, 0.29) is 6.04 Å². The van der Waals surface area contributed by atoms with Crippen LogP contribution in [0.5, 0.6) is 0 Å². The van der Waals surface area contributed by atoms with Crippen molar-refractivity contribution in [2.24, 2.45) is 12.8 Å². The average molecular weight is 273 g/mol. The molecule has 0 aliphatic carbocycles. The minimum absolute atomic E-state index is 0.233. The van der Waals surface area contributed by atoms with Crippen LogP contribution in [0.3, 0.4) is 0 Å². The smallest absolute Gasteiger partial charge is 0.0521 e. The van der Waals surface area contributed by atoms with Gasteiger partial charge in [0.15, 0.2) is 0 Å². The van der Waals surface area contributed by atoms with Gasteiger partial charge < -0.3 is 5.73 Å². The van der Waals surface area contributed by atoms with Gasteiger partial charge in [0.05, 0.1) is 6.20 Å². The summed E-state index contributed by atoms with van der Waals surface area (Å²) < 4.78 is 1.85. The summed E-state index contributed by atoms with van der Waals surface area (Å²) in [5.41, 5.74) is 9.12. The van der Waals surface area contributed by atoms with Crippen molar-refractivity contribution in [3.63, 3.8) is 0 Å². The normalized spacial score (nSPS) is 19.4. The number of aromatic nitrogens is 2. The van der Waals surface area contributed by atoms with Crippen molar-refractivity contribution >= 4 is 11.8 Å². The summed E-state index contributed by atoms with van der Waals surface area (Å²) in [6.45, 7) is 0. The highest BCUT2D eigenvalue weighted by Crippen LogP contribution is 2.41. The topological polar surface area (TPSA) is 43.8 Å². The molecular formula is C15H19N3S. The molecule has 2 N–H and O–H groups in total. The van der Waals surface area contributed by atoms with Crippen LogP contribution in [0.4, 0.5) is 0 Å². The minimum Gasteiger partial charge on any atom is -0.327 e. The van der Waals surface area contributed by atoms with Crippen LogP contribution in [-0.4, -0.2) is 21.6 Å². The first-order valence-corrected chi connectivity index (χ1v) is 7.67. The number of aryl methyl sites for hydroxylation is 2. The molecule has 2 aromatic rings. The summed E-state index contributed by atoms with van der Waals surface area (Å²) in [5, 5.41) is 4.20. The molecule has 2 atom stereocenters. The van der Waals surface area contributed by atoms with Gasteiger partial charge in [-0.1, -0.05) is 18.2 Å². The molecule has 3 nitrogen and oxygen atoms in total. The van der Waals surface area contributed by atoms with Crippen molar-refractivity contribution in [1.82, 2.24) is 9.78 Å². The van der Waals surface area contributed by atoms with Gasteiger partial charge in [-0.2, -0.15) is 5.10 Å². The Kier molecular flexibility index (Phi) is 3.62. The summed E-state index contributed by atoms with van der Waals surface area (Å²) in [6, 6.07) is 8.88. The lowest BCUT2D eigenvalue weighted by molar-refractivity contribution is 0.535. The number of hydrogen-bond acceptors (Lipinski definition) is 3. The standard InChI is InChI=1S/C15H19N3S/c1-18-9-11(8-17-18)6-7-14(16)13-10-19-15-5-3-2-4-12(13)15/h2-5,8-9,13-14H,6-7,10,16H2,1H3. The zero-order valence-corrected chi connectivity index (χ0v) is 11.9. The first-order valence-electron chi connectivity index (χ1n) is 6.69. The molecule has 0 bridgehead atoms. The summed E-state index contributed by atoms with van der Waals surface area (Å²) >= 11 is 1.93. The molecule has 0 saturated carbocycles. The van der Waals surface area contributed by atoms with E-state index in [1.54, 1.807) is 0 Å². The van der Waals surface area contributed by atoms with Gasteiger partial charge in [-0.3, -0.25) is 4.68 Å². The molecule has 1 aromatic heterocycles. The summed E-state index contributed by atoms with van der Waals surface area (Å²) in [5.74, 6) is 1.62. The van der Waals surface area contributed by atoms with Gasteiger partial charge in [0, 0.05) is 35.9 Å². The summed E-state index contributed by atoms with van der Waals surface area (Å²) in [7, 11) is 1.95. The molecule has 0 amide bonds. The van der Waals surface area contributed by atoms with Crippen LogP contribution < -0.4 is 5.73 Å². The van der Waals surface area contributed by atoms with Crippen LogP contribution in [-0.2, 0) is 13.5 Å². The van der Waals surface area contributed by atoms with Crippen molar-refractivity contribution in [3.05, 3.63) is 47.8 Å². The second kappa shape index (κ2) is 5.39. The zero-order valence-electron chi connectivity index (χ0n) is 11.1. The molecule has 2 unspecified atom stereocenters. The molecule has 100 valence electrons. The Labute approximate surface area is 118 Å². The van der Waals surface area contributed by atoms with Crippen molar-refractivity contribution in [3.8, 4) is 0 Å². The summed E-state index contributed by atoms with van der Waals surface area (Å²) in [6.07, 6.45) is 6.04. The average Bonchev–Trinajstić information content (AvgIpc) is 3.02. The van der Waals surface area contributed by atoms with Gasteiger partial charge in [-0.15, -0.1) is 11.8 Å². The predicted molar refractivity (Wildman–Crippen MR) is 79.4 cm³/mol. The predicted octanol–water partition coefficient (Wildman–Crippen LogP) is 2.57. The molecule has 3 rings (SSSR count). The lowest BCUT2D eigenvalue weighted by Crippen LogP contribution is -2.29. The maximum Gasteiger partial charge on any atom is 0.0521 e. The SMILES string of the molecule is Cn1cc(CCC(N)C2CSc3ccccc32)cn1. The Hall–Kier alpha value is -1.26. The Bertz CT molecular complexity index is 564. The van der Waals surface area contributed by atoms with Crippen LogP contribution in [0.1, 0.15) is 23.5 Å². The van der Waals surface area contributed by atoms with Crippen molar-refractivity contribution in [2.75, 3.05) is 5.75 Å². The molecule has 1 aromatic carbocycles. The molecule has 0 fully saturated rings. The first kappa shape index (κ1) is 12.8. The Morgan fingerprint density at radius 1 is 1.47 bits per heavy atom. The van der Waals surface area contributed by atoms with E-state index in [0.29, 0.717) is 5.92 Å². The van der Waals surface area contributed by atoms with Crippen molar-refractivity contribution in [2.45, 2.75) is 29.7 Å². The van der Waals surface area contributed by atoms with Gasteiger partial charge in [0.2, 0.25) is 0 Å². The number of hydrogen-bond donors (Lipinski definition) is 1. The van der Waals surface area contributed by atoms with Gasteiger partial charge in [0.25, 0.3) is 0 Å². The fourth-order valence-electron chi connectivity index (χ4n) is 2.68. The molecule has 1 aliphatic rings. The Morgan fingerprint density at radius 3 is 3.11 bits per heavy atom. The van der Waals surface area contributed by atoms with Gasteiger partial charge in [-0.05, 0) is 30.0 Å². The van der Waals surface area contributed by atoms with Gasteiger partial charge in [0.1, 0.15) is 0 Å². The molecule has 4 heteroatoms. The van der Waals surface area contributed by atoms with Crippen LogP contribution in [0.2, 0.25) is 0 Å². The molecule has 0 radical (unpaired) electrons. The van der Waals surface area contributed by atoms with Crippen molar-refractivity contribution in [1.29, 1.82) is 0 Å². The Morgan fingerprint density at radius 2 is 2.32 bits per heavy atom. The molecule has 19 heavy (non-hydrogen) atoms. The number of nitrogens with zero attached hydrogens (tertiary/aromatic N) is 2. The van der Waals surface area contributed by atoms with Crippen LogP contribution in [0.25, 0.3) is 0 Å². The lowest BCUT2D eigenvalue weighted by Gasteiger charge is -2.19. The number of benzene rings is 1. The highest BCUT2D eigenvalue weighted by molar-refractivity contribution is 7.99. The highest BCUT2D eigenvalue weighted by atomic mass is 32.2. The molecule has 0 spiro atoms. The van der Waals surface area contributed by atoms with Crippen molar-refractivity contribution < 1.29 is 0 Å². The third kappa shape index (κ3) is 2.69. The van der Waals surface area contributed by atoms with E-state index in [1.807, 2.05) is 29.7 Å². The quantitative estimate of drug-likeness (QED) is 0.931. The highest BCUT2D eigenvalue weighted by Gasteiger charge is 2.27. The second-order valence-electron chi connectivity index (χ2n) is 5.18. The largest absolute Gasteiger partial charge is 0.327 e. The lowest BCUT2D eigenvalue weighted by atomic mass is 9.90. The van der Waals surface area contributed by atoms with Crippen LogP contribution in [0.15, 0.2) is 41.6 Å². The number of nitrogens with two attached hydrogens (primary N) is 1. The number of fused-ring (bicyclic) bond motifs is 1. The third-order valence-electron chi connectivity index (χ3n) is 3.78. The van der Waals surface area contributed by atoms with E-state index in [9.17, 15) is 0 Å². The minimum atomic E-state index is 0.233. The first-order chi connectivity index (χ1) is 9.24. The fraction of sp³-hybridized carbons (Fsp3) is 0.400. The van der Waals surface area contributed by atoms with Crippen LogP contribution >= 0.6 is 11.8 Å². The second-order valence-corrected chi connectivity index (χ2v) is 6.24. The maximum absolute atomic E-state index is 6.41. The molecule has 2 heterocycles. The maximum atomic E-state index is 6.41. The molecular weight excluding hydrogens is 254 g/mol. The summed E-state index contributed by atoms with van der Waals surface area (Å²) in [4.78, 5) is 1.41. The van der Waals surface area contributed by atoms with E-state index in [1.165, 1.54) is 16.0 Å². The third-order valence-corrected chi connectivity index (χ3v) is 4.99. The van der Waals surface area contributed by atoms with E-state index < -0.39 is 0 Å².